The van der Waals surface area contributed by atoms with Crippen LogP contribution in [0.3, 0.4) is 0 Å². The highest BCUT2D eigenvalue weighted by molar-refractivity contribution is 5.78. The molecule has 4 heteroatoms. The highest BCUT2D eigenvalue weighted by Crippen LogP contribution is 2.27. The lowest BCUT2D eigenvalue weighted by Crippen LogP contribution is -2.57. The number of piperidine rings is 3. The number of amides is 1. The molecule has 3 fully saturated rings. The summed E-state index contributed by atoms with van der Waals surface area (Å²) in [6.45, 7) is 3.34. The van der Waals surface area contributed by atoms with E-state index in [-0.39, 0.29) is 11.7 Å². The van der Waals surface area contributed by atoms with Crippen LogP contribution >= 0.6 is 0 Å². The molecule has 1 aromatic rings. The molecular weight excluding hydrogens is 243 g/mol. The summed E-state index contributed by atoms with van der Waals surface area (Å²) >= 11 is 0. The van der Waals surface area contributed by atoms with E-state index in [4.69, 9.17) is 0 Å². The standard InChI is InChI=1S/C15H19FN2O/c16-13-3-1-11(2-4-13)9-15(19)17-14-10-18-7-5-12(14)6-8-18/h1-4,12,14H,5-10H2,(H,17,19). The van der Waals surface area contributed by atoms with Crippen LogP contribution in [0.2, 0.25) is 0 Å². The number of fused-ring (bicyclic) bond motifs is 3. The minimum absolute atomic E-state index is 0.0466. The number of carbonyl (C=O) groups excluding carboxylic acids is 1. The summed E-state index contributed by atoms with van der Waals surface area (Å²) in [6, 6.07) is 6.44. The van der Waals surface area contributed by atoms with Crippen LogP contribution in [0, 0.1) is 11.7 Å². The molecule has 3 aliphatic heterocycles. The number of hydrogen-bond acceptors (Lipinski definition) is 2. The van der Waals surface area contributed by atoms with Gasteiger partial charge in [0, 0.05) is 12.6 Å². The van der Waals surface area contributed by atoms with E-state index in [1.165, 1.54) is 38.1 Å². The SMILES string of the molecule is O=C(Cc1ccc(F)cc1)NC1CN2CCC1CC2. The van der Waals surface area contributed by atoms with E-state index in [1.54, 1.807) is 12.1 Å². The van der Waals surface area contributed by atoms with Crippen LogP contribution in [-0.2, 0) is 11.2 Å². The highest BCUT2D eigenvalue weighted by atomic mass is 19.1. The molecule has 4 rings (SSSR count). The predicted octanol–water partition coefficient (Wildman–Crippen LogP) is 1.58. The normalized spacial score (nSPS) is 29.2. The van der Waals surface area contributed by atoms with Gasteiger partial charge in [-0.25, -0.2) is 4.39 Å². The fourth-order valence-corrected chi connectivity index (χ4v) is 3.17. The summed E-state index contributed by atoms with van der Waals surface area (Å²) in [5.74, 6) is 0.425. The minimum atomic E-state index is -0.262. The molecule has 2 bridgehead atoms. The van der Waals surface area contributed by atoms with Crippen LogP contribution in [0.4, 0.5) is 4.39 Å². The average molecular weight is 262 g/mol. The fourth-order valence-electron chi connectivity index (χ4n) is 3.17. The number of hydrogen-bond donors (Lipinski definition) is 1. The smallest absolute Gasteiger partial charge is 0.224 e. The van der Waals surface area contributed by atoms with Crippen molar-refractivity contribution in [3.8, 4) is 0 Å². The Bertz CT molecular complexity index is 452. The van der Waals surface area contributed by atoms with E-state index in [0.29, 0.717) is 18.4 Å². The third-order valence-corrected chi connectivity index (χ3v) is 4.28. The maximum atomic E-state index is 12.8. The van der Waals surface area contributed by atoms with Crippen LogP contribution in [0.1, 0.15) is 18.4 Å². The van der Waals surface area contributed by atoms with Gasteiger partial charge in [-0.2, -0.15) is 0 Å². The number of benzene rings is 1. The van der Waals surface area contributed by atoms with Gasteiger partial charge in [0.05, 0.1) is 6.42 Å². The summed E-state index contributed by atoms with van der Waals surface area (Å²) < 4.78 is 12.8. The lowest BCUT2D eigenvalue weighted by molar-refractivity contribution is -0.122. The molecule has 1 aromatic carbocycles. The van der Waals surface area contributed by atoms with Gasteiger partial charge >= 0.3 is 0 Å². The predicted molar refractivity (Wildman–Crippen MR) is 71.2 cm³/mol. The lowest BCUT2D eigenvalue weighted by atomic mass is 9.84. The first-order chi connectivity index (χ1) is 9.20. The Morgan fingerprint density at radius 2 is 1.95 bits per heavy atom. The molecule has 0 radical (unpaired) electrons. The summed E-state index contributed by atoms with van der Waals surface area (Å²) in [4.78, 5) is 14.4. The molecule has 3 heterocycles. The summed E-state index contributed by atoms with van der Waals surface area (Å²) in [7, 11) is 0. The van der Waals surface area contributed by atoms with Crippen molar-refractivity contribution < 1.29 is 9.18 Å². The Morgan fingerprint density at radius 1 is 1.26 bits per heavy atom. The maximum absolute atomic E-state index is 12.8. The Kier molecular flexibility index (Phi) is 3.51. The van der Waals surface area contributed by atoms with E-state index in [2.05, 4.69) is 10.2 Å². The molecule has 0 aromatic heterocycles. The molecule has 3 saturated heterocycles. The quantitative estimate of drug-likeness (QED) is 0.897. The third-order valence-electron chi connectivity index (χ3n) is 4.28. The van der Waals surface area contributed by atoms with E-state index in [1.807, 2.05) is 0 Å². The first kappa shape index (κ1) is 12.6. The van der Waals surface area contributed by atoms with Crippen molar-refractivity contribution in [3.05, 3.63) is 35.6 Å². The Labute approximate surface area is 112 Å². The molecule has 1 atom stereocenters. The molecule has 0 aliphatic carbocycles. The second-order valence-corrected chi connectivity index (χ2v) is 5.62. The largest absolute Gasteiger partial charge is 0.352 e. The summed E-state index contributed by atoms with van der Waals surface area (Å²) in [5, 5.41) is 3.14. The van der Waals surface area contributed by atoms with Gasteiger partial charge in [0.25, 0.3) is 0 Å². The molecule has 3 nitrogen and oxygen atoms in total. The third kappa shape index (κ3) is 2.95. The van der Waals surface area contributed by atoms with E-state index in [9.17, 15) is 9.18 Å². The van der Waals surface area contributed by atoms with Crippen LogP contribution in [0.25, 0.3) is 0 Å². The first-order valence-electron chi connectivity index (χ1n) is 6.97. The Morgan fingerprint density at radius 3 is 2.53 bits per heavy atom. The fraction of sp³-hybridized carbons (Fsp3) is 0.533. The second kappa shape index (κ2) is 5.29. The Balaban J connectivity index is 1.55. The monoisotopic (exact) mass is 262 g/mol. The van der Waals surface area contributed by atoms with Gasteiger partial charge in [-0.3, -0.25) is 4.79 Å². The molecule has 3 aliphatic rings. The number of nitrogens with one attached hydrogen (secondary N) is 1. The topological polar surface area (TPSA) is 32.3 Å². The second-order valence-electron chi connectivity index (χ2n) is 5.62. The average Bonchev–Trinajstić information content (AvgIpc) is 2.43. The van der Waals surface area contributed by atoms with Crippen molar-refractivity contribution >= 4 is 5.91 Å². The van der Waals surface area contributed by atoms with Gasteiger partial charge in [-0.1, -0.05) is 12.1 Å². The zero-order valence-corrected chi connectivity index (χ0v) is 10.9. The molecule has 0 saturated carbocycles. The van der Waals surface area contributed by atoms with E-state index >= 15 is 0 Å². The molecule has 19 heavy (non-hydrogen) atoms. The van der Waals surface area contributed by atoms with Crippen molar-refractivity contribution in [1.82, 2.24) is 10.2 Å². The minimum Gasteiger partial charge on any atom is -0.352 e. The zero-order valence-electron chi connectivity index (χ0n) is 10.9. The van der Waals surface area contributed by atoms with Crippen molar-refractivity contribution in [2.45, 2.75) is 25.3 Å². The van der Waals surface area contributed by atoms with Gasteiger partial charge in [0.2, 0.25) is 5.91 Å². The van der Waals surface area contributed by atoms with Crippen molar-refractivity contribution in [3.63, 3.8) is 0 Å². The van der Waals surface area contributed by atoms with Gasteiger partial charge in [0.15, 0.2) is 0 Å². The number of nitrogens with zero attached hydrogens (tertiary/aromatic N) is 1. The number of halogens is 1. The highest BCUT2D eigenvalue weighted by Gasteiger charge is 2.34. The van der Waals surface area contributed by atoms with Crippen molar-refractivity contribution in [1.29, 1.82) is 0 Å². The van der Waals surface area contributed by atoms with E-state index in [0.717, 1.165) is 12.1 Å². The van der Waals surface area contributed by atoms with Crippen LogP contribution in [-0.4, -0.2) is 36.5 Å². The molecule has 0 spiro atoms. The zero-order chi connectivity index (χ0) is 13.2. The Hall–Kier alpha value is -1.42. The molecule has 102 valence electrons. The van der Waals surface area contributed by atoms with Gasteiger partial charge < -0.3 is 10.2 Å². The van der Waals surface area contributed by atoms with Gasteiger partial charge in [-0.05, 0) is 49.5 Å². The molecule has 1 unspecified atom stereocenters. The van der Waals surface area contributed by atoms with Crippen LogP contribution in [0.15, 0.2) is 24.3 Å². The number of carbonyl (C=O) groups is 1. The summed E-state index contributed by atoms with van der Waals surface area (Å²) in [5.41, 5.74) is 0.861. The molecule has 1 N–H and O–H groups in total. The molecular formula is C15H19FN2O. The molecule has 1 amide bonds. The lowest BCUT2D eigenvalue weighted by Gasteiger charge is -2.44. The van der Waals surface area contributed by atoms with Crippen LogP contribution in [0.5, 0.6) is 0 Å². The van der Waals surface area contributed by atoms with Crippen molar-refractivity contribution in [2.75, 3.05) is 19.6 Å². The van der Waals surface area contributed by atoms with Crippen molar-refractivity contribution in [2.24, 2.45) is 5.92 Å². The van der Waals surface area contributed by atoms with Gasteiger partial charge in [0.1, 0.15) is 5.82 Å². The van der Waals surface area contributed by atoms with Crippen LogP contribution < -0.4 is 5.32 Å². The number of rotatable bonds is 3. The maximum Gasteiger partial charge on any atom is 0.224 e. The first-order valence-corrected chi connectivity index (χ1v) is 6.97. The summed E-state index contributed by atoms with van der Waals surface area (Å²) in [6.07, 6.45) is 2.73. The van der Waals surface area contributed by atoms with Gasteiger partial charge in [-0.15, -0.1) is 0 Å². The van der Waals surface area contributed by atoms with E-state index < -0.39 is 0 Å².